The number of para-hydroxylation sites is 1. The van der Waals surface area contributed by atoms with Crippen LogP contribution >= 0.6 is 0 Å². The minimum Gasteiger partial charge on any atom is -0.353 e. The Morgan fingerprint density at radius 3 is 2.21 bits per heavy atom. The molecule has 1 atom stereocenters. The van der Waals surface area contributed by atoms with E-state index in [1.807, 2.05) is 43.3 Å². The lowest BCUT2D eigenvalue weighted by molar-refractivity contribution is -0.125. The SMILES string of the molecule is CC(C)C(C)NC(=O)CCC(=O)Nc1cc(C(C)(C)C)nn1-c1ccccc1. The van der Waals surface area contributed by atoms with Gasteiger partial charge in [0.1, 0.15) is 5.82 Å². The van der Waals surface area contributed by atoms with Crippen molar-refractivity contribution in [3.8, 4) is 5.69 Å². The Hall–Kier alpha value is -2.63. The first kappa shape index (κ1) is 21.7. The first-order valence-corrected chi connectivity index (χ1v) is 9.83. The van der Waals surface area contributed by atoms with Gasteiger partial charge in [0, 0.05) is 30.4 Å². The average Bonchev–Trinajstić information content (AvgIpc) is 3.04. The van der Waals surface area contributed by atoms with E-state index < -0.39 is 0 Å². The Morgan fingerprint density at radius 1 is 1.04 bits per heavy atom. The molecule has 1 heterocycles. The third kappa shape index (κ3) is 5.94. The molecule has 0 saturated carbocycles. The molecule has 0 spiro atoms. The van der Waals surface area contributed by atoms with Gasteiger partial charge in [0.15, 0.2) is 0 Å². The zero-order valence-electron chi connectivity index (χ0n) is 17.7. The van der Waals surface area contributed by atoms with Crippen LogP contribution in [0.15, 0.2) is 36.4 Å². The van der Waals surface area contributed by atoms with E-state index in [2.05, 4.69) is 50.4 Å². The highest BCUT2D eigenvalue weighted by atomic mass is 16.2. The van der Waals surface area contributed by atoms with Gasteiger partial charge in [-0.3, -0.25) is 9.59 Å². The molecule has 0 aliphatic heterocycles. The van der Waals surface area contributed by atoms with Gasteiger partial charge in [-0.25, -0.2) is 4.68 Å². The molecule has 0 bridgehead atoms. The van der Waals surface area contributed by atoms with Crippen LogP contribution < -0.4 is 10.6 Å². The number of hydrogen-bond donors (Lipinski definition) is 2. The monoisotopic (exact) mass is 384 g/mol. The van der Waals surface area contributed by atoms with Crippen LogP contribution in [0.25, 0.3) is 5.69 Å². The van der Waals surface area contributed by atoms with E-state index in [1.54, 1.807) is 4.68 Å². The van der Waals surface area contributed by atoms with Gasteiger partial charge in [0.25, 0.3) is 0 Å². The highest BCUT2D eigenvalue weighted by molar-refractivity contribution is 5.92. The second-order valence-electron chi connectivity index (χ2n) is 8.56. The molecule has 0 radical (unpaired) electrons. The highest BCUT2D eigenvalue weighted by Crippen LogP contribution is 2.26. The largest absolute Gasteiger partial charge is 0.353 e. The molecule has 2 amide bonds. The summed E-state index contributed by atoms with van der Waals surface area (Å²) in [6, 6.07) is 11.7. The summed E-state index contributed by atoms with van der Waals surface area (Å²) in [7, 11) is 0. The van der Waals surface area contributed by atoms with Gasteiger partial charge in [0.05, 0.1) is 11.4 Å². The first-order chi connectivity index (χ1) is 13.1. The maximum absolute atomic E-state index is 12.4. The molecular weight excluding hydrogens is 352 g/mol. The Balaban J connectivity index is 2.09. The predicted octanol–water partition coefficient (Wildman–Crippen LogP) is 4.05. The van der Waals surface area contributed by atoms with Crippen LogP contribution in [0.1, 0.15) is 60.1 Å². The van der Waals surface area contributed by atoms with Crippen molar-refractivity contribution in [2.75, 3.05) is 5.32 Å². The number of nitrogens with zero attached hydrogens (tertiary/aromatic N) is 2. The maximum atomic E-state index is 12.4. The Labute approximate surface area is 167 Å². The zero-order chi connectivity index (χ0) is 20.9. The third-order valence-corrected chi connectivity index (χ3v) is 4.71. The highest BCUT2D eigenvalue weighted by Gasteiger charge is 2.21. The second kappa shape index (κ2) is 9.04. The number of aromatic nitrogens is 2. The van der Waals surface area contributed by atoms with E-state index in [4.69, 9.17) is 0 Å². The van der Waals surface area contributed by atoms with E-state index in [0.717, 1.165) is 11.4 Å². The quantitative estimate of drug-likeness (QED) is 0.756. The van der Waals surface area contributed by atoms with Crippen molar-refractivity contribution in [1.29, 1.82) is 0 Å². The van der Waals surface area contributed by atoms with Crippen molar-refractivity contribution in [3.05, 3.63) is 42.1 Å². The fourth-order valence-electron chi connectivity index (χ4n) is 2.53. The Bertz CT molecular complexity index is 804. The van der Waals surface area contributed by atoms with Crippen LogP contribution in [0.3, 0.4) is 0 Å². The topological polar surface area (TPSA) is 76.0 Å². The molecule has 2 rings (SSSR count). The minimum atomic E-state index is -0.204. The smallest absolute Gasteiger partial charge is 0.226 e. The van der Waals surface area contributed by atoms with Crippen LogP contribution in [-0.2, 0) is 15.0 Å². The molecule has 2 aromatic rings. The lowest BCUT2D eigenvalue weighted by Gasteiger charge is -2.17. The molecule has 28 heavy (non-hydrogen) atoms. The van der Waals surface area contributed by atoms with Crippen molar-refractivity contribution >= 4 is 17.6 Å². The maximum Gasteiger partial charge on any atom is 0.226 e. The molecule has 2 N–H and O–H groups in total. The lowest BCUT2D eigenvalue weighted by atomic mass is 9.92. The van der Waals surface area contributed by atoms with Crippen molar-refractivity contribution in [3.63, 3.8) is 0 Å². The van der Waals surface area contributed by atoms with Gasteiger partial charge in [-0.05, 0) is 25.0 Å². The number of carbonyl (C=O) groups is 2. The van der Waals surface area contributed by atoms with Gasteiger partial charge >= 0.3 is 0 Å². The van der Waals surface area contributed by atoms with Gasteiger partial charge in [-0.15, -0.1) is 0 Å². The molecule has 1 aromatic heterocycles. The van der Waals surface area contributed by atoms with Crippen LogP contribution in [-0.4, -0.2) is 27.6 Å². The fraction of sp³-hybridized carbons (Fsp3) is 0.500. The van der Waals surface area contributed by atoms with E-state index in [9.17, 15) is 9.59 Å². The van der Waals surface area contributed by atoms with Gasteiger partial charge in [0.2, 0.25) is 11.8 Å². The molecule has 6 nitrogen and oxygen atoms in total. The van der Waals surface area contributed by atoms with Gasteiger partial charge < -0.3 is 10.6 Å². The van der Waals surface area contributed by atoms with Crippen LogP contribution in [0.2, 0.25) is 0 Å². The first-order valence-electron chi connectivity index (χ1n) is 9.83. The van der Waals surface area contributed by atoms with Crippen LogP contribution in [0.4, 0.5) is 5.82 Å². The van der Waals surface area contributed by atoms with E-state index >= 15 is 0 Å². The molecule has 0 fully saturated rings. The van der Waals surface area contributed by atoms with E-state index in [-0.39, 0.29) is 36.1 Å². The molecule has 0 aliphatic carbocycles. The number of rotatable bonds is 7. The zero-order valence-corrected chi connectivity index (χ0v) is 17.7. The average molecular weight is 385 g/mol. The summed E-state index contributed by atoms with van der Waals surface area (Å²) in [5.41, 5.74) is 1.61. The third-order valence-electron chi connectivity index (χ3n) is 4.71. The molecule has 6 heteroatoms. The lowest BCUT2D eigenvalue weighted by Crippen LogP contribution is -2.36. The van der Waals surface area contributed by atoms with Crippen LogP contribution in [0.5, 0.6) is 0 Å². The summed E-state index contributed by atoms with van der Waals surface area (Å²) in [4.78, 5) is 24.5. The number of hydrogen-bond acceptors (Lipinski definition) is 3. The molecule has 1 aromatic carbocycles. The Morgan fingerprint density at radius 2 is 1.64 bits per heavy atom. The van der Waals surface area contributed by atoms with Crippen molar-refractivity contribution in [1.82, 2.24) is 15.1 Å². The van der Waals surface area contributed by atoms with E-state index in [0.29, 0.717) is 11.7 Å². The van der Waals surface area contributed by atoms with Crippen LogP contribution in [0, 0.1) is 5.92 Å². The summed E-state index contributed by atoms with van der Waals surface area (Å²) in [5.74, 6) is 0.652. The predicted molar refractivity (Wildman–Crippen MR) is 113 cm³/mol. The molecular formula is C22H32N4O2. The molecule has 0 saturated heterocycles. The van der Waals surface area contributed by atoms with Gasteiger partial charge in [-0.2, -0.15) is 5.10 Å². The summed E-state index contributed by atoms with van der Waals surface area (Å²) in [5, 5.41) is 10.5. The van der Waals surface area contributed by atoms with Crippen molar-refractivity contribution in [2.45, 2.75) is 65.8 Å². The molecule has 1 unspecified atom stereocenters. The van der Waals surface area contributed by atoms with Gasteiger partial charge in [-0.1, -0.05) is 52.8 Å². The van der Waals surface area contributed by atoms with E-state index in [1.165, 1.54) is 0 Å². The number of amides is 2. The molecule has 152 valence electrons. The summed E-state index contributed by atoms with van der Waals surface area (Å²) in [6.07, 6.45) is 0.288. The number of anilines is 1. The molecule has 0 aliphatic rings. The number of benzene rings is 1. The minimum absolute atomic E-state index is 0.0874. The fourth-order valence-corrected chi connectivity index (χ4v) is 2.53. The number of nitrogens with one attached hydrogen (secondary N) is 2. The van der Waals surface area contributed by atoms with Crippen molar-refractivity contribution in [2.24, 2.45) is 5.92 Å². The normalized spacial score (nSPS) is 12.7. The summed E-state index contributed by atoms with van der Waals surface area (Å²) < 4.78 is 1.74. The Kier molecular flexibility index (Phi) is 7.00. The summed E-state index contributed by atoms with van der Waals surface area (Å²) in [6.45, 7) is 12.3. The summed E-state index contributed by atoms with van der Waals surface area (Å²) >= 11 is 0. The standard InChI is InChI=1S/C22H32N4O2/c1-15(2)16(3)23-20(27)12-13-21(28)24-19-14-18(22(4,5)6)25-26(19)17-10-8-7-9-11-17/h7-11,14-16H,12-13H2,1-6H3,(H,23,27)(H,24,28). The second-order valence-corrected chi connectivity index (χ2v) is 8.56. The van der Waals surface area contributed by atoms with Crippen molar-refractivity contribution < 1.29 is 9.59 Å². The number of carbonyl (C=O) groups excluding carboxylic acids is 2.